The van der Waals surface area contributed by atoms with E-state index in [2.05, 4.69) is 4.72 Å². The van der Waals surface area contributed by atoms with Crippen LogP contribution in [-0.4, -0.2) is 45.6 Å². The van der Waals surface area contributed by atoms with Gasteiger partial charge in [0.25, 0.3) is 0 Å². The number of sulfonamides is 1. The van der Waals surface area contributed by atoms with E-state index in [1.165, 1.54) is 0 Å². The van der Waals surface area contributed by atoms with E-state index in [0.717, 1.165) is 0 Å². The van der Waals surface area contributed by atoms with Gasteiger partial charge in [0.2, 0.25) is 10.0 Å². The van der Waals surface area contributed by atoms with Gasteiger partial charge < -0.3 is 14.6 Å². The SMILES string of the molecule is COCCOc1cccc(NS(=O)(=O)CCCC(=O)O)c1. The predicted octanol–water partition coefficient (Wildman–Crippen LogP) is 1.32. The van der Waals surface area contributed by atoms with Crippen molar-refractivity contribution in [2.45, 2.75) is 12.8 Å². The van der Waals surface area contributed by atoms with Gasteiger partial charge in [-0.1, -0.05) is 6.07 Å². The summed E-state index contributed by atoms with van der Waals surface area (Å²) in [6.45, 7) is 0.802. The summed E-state index contributed by atoms with van der Waals surface area (Å²) >= 11 is 0. The molecule has 118 valence electrons. The van der Waals surface area contributed by atoms with Crippen LogP contribution in [0.5, 0.6) is 5.75 Å². The maximum atomic E-state index is 11.8. The highest BCUT2D eigenvalue weighted by Gasteiger charge is 2.11. The molecule has 0 radical (unpaired) electrons. The number of ether oxygens (including phenoxy) is 2. The molecule has 1 aromatic rings. The number of hydrogen-bond acceptors (Lipinski definition) is 5. The Kier molecular flexibility index (Phi) is 6.97. The summed E-state index contributed by atoms with van der Waals surface area (Å²) < 4.78 is 36.2. The Labute approximate surface area is 123 Å². The third kappa shape index (κ3) is 7.52. The lowest BCUT2D eigenvalue weighted by Crippen LogP contribution is -2.17. The zero-order valence-electron chi connectivity index (χ0n) is 11.7. The van der Waals surface area contributed by atoms with Gasteiger partial charge in [0, 0.05) is 19.6 Å². The van der Waals surface area contributed by atoms with Crippen molar-refractivity contribution in [1.82, 2.24) is 0 Å². The van der Waals surface area contributed by atoms with Crippen LogP contribution in [0.4, 0.5) is 5.69 Å². The Balaban J connectivity index is 2.56. The van der Waals surface area contributed by atoms with Gasteiger partial charge in [0.1, 0.15) is 12.4 Å². The summed E-state index contributed by atoms with van der Waals surface area (Å²) in [5, 5.41) is 8.50. The summed E-state index contributed by atoms with van der Waals surface area (Å²) in [5.41, 5.74) is 0.375. The largest absolute Gasteiger partial charge is 0.491 e. The third-order valence-electron chi connectivity index (χ3n) is 2.47. The topological polar surface area (TPSA) is 102 Å². The van der Waals surface area contributed by atoms with Crippen molar-refractivity contribution in [1.29, 1.82) is 0 Å². The lowest BCUT2D eigenvalue weighted by atomic mass is 10.3. The molecule has 0 bridgehead atoms. The van der Waals surface area contributed by atoms with Crippen molar-refractivity contribution in [3.63, 3.8) is 0 Å². The van der Waals surface area contributed by atoms with E-state index >= 15 is 0 Å². The number of carboxylic acids is 1. The quantitative estimate of drug-likeness (QED) is 0.631. The molecule has 0 aliphatic carbocycles. The molecule has 8 heteroatoms. The number of benzene rings is 1. The first-order valence-corrected chi connectivity index (χ1v) is 8.02. The minimum Gasteiger partial charge on any atom is -0.491 e. The molecule has 1 aromatic carbocycles. The lowest BCUT2D eigenvalue weighted by Gasteiger charge is -2.10. The molecule has 0 aromatic heterocycles. The minimum atomic E-state index is -3.57. The molecule has 0 spiro atoms. The van der Waals surface area contributed by atoms with Gasteiger partial charge in [-0.25, -0.2) is 8.42 Å². The number of anilines is 1. The zero-order chi connectivity index (χ0) is 15.7. The molecular formula is C13H19NO6S. The van der Waals surface area contributed by atoms with Crippen molar-refractivity contribution in [3.8, 4) is 5.75 Å². The highest BCUT2D eigenvalue weighted by atomic mass is 32.2. The predicted molar refractivity (Wildman–Crippen MR) is 78.1 cm³/mol. The molecule has 21 heavy (non-hydrogen) atoms. The van der Waals surface area contributed by atoms with Crippen molar-refractivity contribution in [2.24, 2.45) is 0 Å². The van der Waals surface area contributed by atoms with E-state index < -0.39 is 16.0 Å². The summed E-state index contributed by atoms with van der Waals surface area (Å²) in [7, 11) is -2.01. The molecule has 0 aliphatic heterocycles. The first kappa shape index (κ1) is 17.3. The van der Waals surface area contributed by atoms with Gasteiger partial charge in [-0.05, 0) is 18.6 Å². The fourth-order valence-electron chi connectivity index (χ4n) is 1.54. The highest BCUT2D eigenvalue weighted by molar-refractivity contribution is 7.92. The van der Waals surface area contributed by atoms with E-state index in [9.17, 15) is 13.2 Å². The normalized spacial score (nSPS) is 11.1. The smallest absolute Gasteiger partial charge is 0.303 e. The molecule has 0 fully saturated rings. The number of hydrogen-bond donors (Lipinski definition) is 2. The maximum absolute atomic E-state index is 11.8. The first-order valence-electron chi connectivity index (χ1n) is 6.37. The van der Waals surface area contributed by atoms with E-state index in [-0.39, 0.29) is 18.6 Å². The first-order chi connectivity index (χ1) is 9.93. The van der Waals surface area contributed by atoms with Crippen molar-refractivity contribution < 1.29 is 27.8 Å². The fourth-order valence-corrected chi connectivity index (χ4v) is 2.65. The summed E-state index contributed by atoms with van der Waals surface area (Å²) in [5.74, 6) is -0.731. The third-order valence-corrected chi connectivity index (χ3v) is 3.84. The van der Waals surface area contributed by atoms with Gasteiger partial charge >= 0.3 is 5.97 Å². The van der Waals surface area contributed by atoms with E-state index in [4.69, 9.17) is 14.6 Å². The van der Waals surface area contributed by atoms with Crippen molar-refractivity contribution >= 4 is 21.7 Å². The highest BCUT2D eigenvalue weighted by Crippen LogP contribution is 2.18. The summed E-state index contributed by atoms with van der Waals surface area (Å²) in [6, 6.07) is 6.53. The molecular weight excluding hydrogens is 298 g/mol. The number of rotatable bonds is 10. The Morgan fingerprint density at radius 3 is 2.76 bits per heavy atom. The van der Waals surface area contributed by atoms with E-state index in [1.54, 1.807) is 31.4 Å². The van der Waals surface area contributed by atoms with Crippen LogP contribution < -0.4 is 9.46 Å². The van der Waals surface area contributed by atoms with Crippen LogP contribution in [0.1, 0.15) is 12.8 Å². The van der Waals surface area contributed by atoms with Crippen LogP contribution in [0.2, 0.25) is 0 Å². The van der Waals surface area contributed by atoms with Gasteiger partial charge in [-0.3, -0.25) is 9.52 Å². The van der Waals surface area contributed by atoms with Crippen molar-refractivity contribution in [3.05, 3.63) is 24.3 Å². The van der Waals surface area contributed by atoms with Crippen LogP contribution >= 0.6 is 0 Å². The molecule has 2 N–H and O–H groups in total. The van der Waals surface area contributed by atoms with Crippen LogP contribution in [-0.2, 0) is 19.6 Å². The Morgan fingerprint density at radius 1 is 1.33 bits per heavy atom. The standard InChI is InChI=1S/C13H19NO6S/c1-19-7-8-20-12-5-2-4-11(10-12)14-21(17,18)9-3-6-13(15)16/h2,4-5,10,14H,3,6-9H2,1H3,(H,15,16). The van der Waals surface area contributed by atoms with Crippen LogP contribution in [0.25, 0.3) is 0 Å². The molecule has 0 amide bonds. The molecule has 0 saturated carbocycles. The van der Waals surface area contributed by atoms with Gasteiger partial charge in [0.05, 0.1) is 18.0 Å². The number of carbonyl (C=O) groups is 1. The molecule has 0 heterocycles. The molecule has 0 saturated heterocycles. The van der Waals surface area contributed by atoms with Gasteiger partial charge in [-0.2, -0.15) is 0 Å². The van der Waals surface area contributed by atoms with E-state index in [0.29, 0.717) is 24.7 Å². The summed E-state index contributed by atoms with van der Waals surface area (Å²) in [4.78, 5) is 10.4. The molecule has 0 unspecified atom stereocenters. The number of nitrogens with one attached hydrogen (secondary N) is 1. The van der Waals surface area contributed by atoms with Crippen LogP contribution in [0.3, 0.4) is 0 Å². The fraction of sp³-hybridized carbons (Fsp3) is 0.462. The second-order valence-electron chi connectivity index (χ2n) is 4.29. The van der Waals surface area contributed by atoms with Crippen LogP contribution in [0.15, 0.2) is 24.3 Å². The number of methoxy groups -OCH3 is 1. The Morgan fingerprint density at radius 2 is 2.10 bits per heavy atom. The number of aliphatic carboxylic acids is 1. The second kappa shape index (κ2) is 8.48. The average Bonchev–Trinajstić information content (AvgIpc) is 2.38. The van der Waals surface area contributed by atoms with E-state index in [1.807, 2.05) is 0 Å². The maximum Gasteiger partial charge on any atom is 0.303 e. The summed E-state index contributed by atoms with van der Waals surface area (Å²) in [6.07, 6.45) is -0.115. The molecule has 1 rings (SSSR count). The zero-order valence-corrected chi connectivity index (χ0v) is 12.6. The molecule has 7 nitrogen and oxygen atoms in total. The molecule has 0 aliphatic rings. The minimum absolute atomic E-state index is 0.0642. The Bertz CT molecular complexity index is 558. The Hall–Kier alpha value is -1.80. The monoisotopic (exact) mass is 317 g/mol. The van der Waals surface area contributed by atoms with Gasteiger partial charge in [-0.15, -0.1) is 0 Å². The second-order valence-corrected chi connectivity index (χ2v) is 6.13. The van der Waals surface area contributed by atoms with Crippen molar-refractivity contribution in [2.75, 3.05) is 30.8 Å². The van der Waals surface area contributed by atoms with Crippen LogP contribution in [0, 0.1) is 0 Å². The van der Waals surface area contributed by atoms with Gasteiger partial charge in [0.15, 0.2) is 0 Å². The lowest BCUT2D eigenvalue weighted by molar-refractivity contribution is -0.137. The molecule has 0 atom stereocenters. The average molecular weight is 317 g/mol. The number of carboxylic acid groups (broad SMARTS) is 1.